The highest BCUT2D eigenvalue weighted by molar-refractivity contribution is 8.13. The van der Waals surface area contributed by atoms with E-state index in [1.807, 2.05) is 6.92 Å². The van der Waals surface area contributed by atoms with E-state index in [4.69, 9.17) is 10.7 Å². The highest BCUT2D eigenvalue weighted by Crippen LogP contribution is 2.31. The van der Waals surface area contributed by atoms with Gasteiger partial charge >= 0.3 is 0 Å². The van der Waals surface area contributed by atoms with E-state index in [1.165, 1.54) is 0 Å². The molecule has 1 aliphatic rings. The lowest BCUT2D eigenvalue weighted by atomic mass is 10.2. The molecule has 0 aromatic carbocycles. The third-order valence-corrected chi connectivity index (χ3v) is 4.83. The van der Waals surface area contributed by atoms with Gasteiger partial charge in [0, 0.05) is 23.8 Å². The number of hydrogen-bond donors (Lipinski definition) is 1. The minimum atomic E-state index is -4.00. The summed E-state index contributed by atoms with van der Waals surface area (Å²) < 4.78 is 23.4. The number of amides is 1. The number of hydrogen-bond acceptors (Lipinski definition) is 4. The van der Waals surface area contributed by atoms with Crippen molar-refractivity contribution in [3.8, 4) is 0 Å². The van der Waals surface area contributed by atoms with E-state index in [-0.39, 0.29) is 16.5 Å². The van der Waals surface area contributed by atoms with Gasteiger partial charge < -0.3 is 4.90 Å². The van der Waals surface area contributed by atoms with Crippen LogP contribution in [0.4, 0.5) is 0 Å². The molecule has 0 spiro atoms. The number of rotatable bonds is 6. The van der Waals surface area contributed by atoms with Crippen LogP contribution in [0.25, 0.3) is 0 Å². The largest absolute Gasteiger partial charge is 0.337 e. The first-order valence-corrected chi connectivity index (χ1v) is 9.00. The third-order valence-electron chi connectivity index (χ3n) is 3.44. The van der Waals surface area contributed by atoms with Gasteiger partial charge in [-0.15, -0.1) is 0 Å². The molecule has 0 unspecified atom stereocenters. The van der Waals surface area contributed by atoms with Crippen LogP contribution in [0.1, 0.15) is 42.9 Å². The first-order chi connectivity index (χ1) is 9.38. The quantitative estimate of drug-likeness (QED) is 0.810. The second kappa shape index (κ2) is 5.73. The zero-order chi connectivity index (χ0) is 14.9. The predicted octanol–water partition coefficient (Wildman–Crippen LogP) is 1.77. The van der Waals surface area contributed by atoms with Crippen molar-refractivity contribution in [1.29, 1.82) is 0 Å². The molecule has 1 aliphatic carbocycles. The Morgan fingerprint density at radius 3 is 2.55 bits per heavy atom. The average Bonchev–Trinajstić information content (AvgIpc) is 3.08. The first-order valence-electron chi connectivity index (χ1n) is 6.69. The fourth-order valence-corrected chi connectivity index (χ4v) is 3.48. The van der Waals surface area contributed by atoms with E-state index >= 15 is 0 Å². The van der Waals surface area contributed by atoms with Crippen LogP contribution >= 0.6 is 10.7 Å². The van der Waals surface area contributed by atoms with Gasteiger partial charge in [0.2, 0.25) is 0 Å². The predicted molar refractivity (Wildman–Crippen MR) is 75.3 cm³/mol. The molecule has 1 N–H and O–H groups in total. The summed E-state index contributed by atoms with van der Waals surface area (Å²) in [5, 5.41) is 6.47. The second-order valence-electron chi connectivity index (χ2n) is 4.96. The lowest BCUT2D eigenvalue weighted by Gasteiger charge is -2.19. The molecule has 1 heterocycles. The van der Waals surface area contributed by atoms with Gasteiger partial charge in [0.15, 0.2) is 5.69 Å². The number of aryl methyl sites for hydroxylation is 1. The summed E-state index contributed by atoms with van der Waals surface area (Å²) in [6.45, 7) is 4.80. The number of nitrogens with one attached hydrogen (secondary N) is 1. The van der Waals surface area contributed by atoms with Crippen LogP contribution in [-0.2, 0) is 15.5 Å². The molecule has 0 saturated heterocycles. The van der Waals surface area contributed by atoms with Crippen molar-refractivity contribution in [2.75, 3.05) is 13.1 Å². The smallest absolute Gasteiger partial charge is 0.275 e. The first kappa shape index (κ1) is 15.3. The van der Waals surface area contributed by atoms with Gasteiger partial charge in [0.25, 0.3) is 15.0 Å². The standard InChI is InChI=1S/C12H18ClN3O3S/c1-3-9-11(20(13,18)19)10(15-14-9)12(17)16(4-2)7-8-5-6-8/h8H,3-7H2,1-2H3,(H,14,15). The van der Waals surface area contributed by atoms with Crippen LogP contribution in [0.15, 0.2) is 4.90 Å². The van der Waals surface area contributed by atoms with Crippen molar-refractivity contribution in [3.63, 3.8) is 0 Å². The molecule has 8 heteroatoms. The minimum Gasteiger partial charge on any atom is -0.337 e. The Balaban J connectivity index is 2.35. The van der Waals surface area contributed by atoms with E-state index in [0.717, 1.165) is 12.8 Å². The van der Waals surface area contributed by atoms with Gasteiger partial charge in [0.1, 0.15) is 4.90 Å². The number of nitrogens with zero attached hydrogens (tertiary/aromatic N) is 2. The lowest BCUT2D eigenvalue weighted by Crippen LogP contribution is -2.33. The van der Waals surface area contributed by atoms with E-state index in [1.54, 1.807) is 11.8 Å². The molecule has 20 heavy (non-hydrogen) atoms. The topological polar surface area (TPSA) is 83.1 Å². The molecular formula is C12H18ClN3O3S. The zero-order valence-electron chi connectivity index (χ0n) is 11.5. The van der Waals surface area contributed by atoms with Crippen LogP contribution in [0, 0.1) is 5.92 Å². The van der Waals surface area contributed by atoms with E-state index in [9.17, 15) is 13.2 Å². The Bertz CT molecular complexity index is 607. The molecule has 0 radical (unpaired) electrons. The maximum Gasteiger partial charge on any atom is 0.275 e. The Hall–Kier alpha value is -1.08. The van der Waals surface area contributed by atoms with Gasteiger partial charge in [-0.1, -0.05) is 6.92 Å². The summed E-state index contributed by atoms with van der Waals surface area (Å²) in [4.78, 5) is 13.9. The minimum absolute atomic E-state index is 0.0978. The highest BCUT2D eigenvalue weighted by atomic mass is 35.7. The summed E-state index contributed by atoms with van der Waals surface area (Å²) in [5.41, 5.74) is 0.269. The number of H-pyrrole nitrogens is 1. The van der Waals surface area contributed by atoms with E-state index in [2.05, 4.69) is 10.2 Å². The van der Waals surface area contributed by atoms with Gasteiger partial charge in [-0.3, -0.25) is 9.89 Å². The number of carbonyl (C=O) groups is 1. The van der Waals surface area contributed by atoms with Crippen molar-refractivity contribution in [1.82, 2.24) is 15.1 Å². The number of aromatic nitrogens is 2. The molecule has 0 bridgehead atoms. The van der Waals surface area contributed by atoms with Crippen LogP contribution in [0.3, 0.4) is 0 Å². The van der Waals surface area contributed by atoms with Crippen molar-refractivity contribution in [2.24, 2.45) is 5.92 Å². The summed E-state index contributed by atoms with van der Waals surface area (Å²) in [5.74, 6) is 0.147. The molecule has 112 valence electrons. The third kappa shape index (κ3) is 3.15. The molecule has 1 amide bonds. The van der Waals surface area contributed by atoms with Crippen LogP contribution in [-0.4, -0.2) is 42.5 Å². The fraction of sp³-hybridized carbons (Fsp3) is 0.667. The average molecular weight is 320 g/mol. The number of halogens is 1. The molecule has 0 aliphatic heterocycles. The molecule has 1 fully saturated rings. The number of aromatic amines is 1. The van der Waals surface area contributed by atoms with Gasteiger partial charge in [0.05, 0.1) is 5.69 Å². The Morgan fingerprint density at radius 1 is 1.45 bits per heavy atom. The summed E-state index contributed by atoms with van der Waals surface area (Å²) >= 11 is 0. The Labute approximate surface area is 122 Å². The summed E-state index contributed by atoms with van der Waals surface area (Å²) in [7, 11) is 1.44. The maximum atomic E-state index is 12.5. The van der Waals surface area contributed by atoms with Crippen molar-refractivity contribution in [3.05, 3.63) is 11.4 Å². The van der Waals surface area contributed by atoms with Gasteiger partial charge in [-0.25, -0.2) is 8.42 Å². The molecule has 0 atom stereocenters. The fourth-order valence-electron chi connectivity index (χ4n) is 2.13. The lowest BCUT2D eigenvalue weighted by molar-refractivity contribution is 0.0747. The normalized spacial score (nSPS) is 15.3. The van der Waals surface area contributed by atoms with Crippen LogP contribution in [0.5, 0.6) is 0 Å². The van der Waals surface area contributed by atoms with Crippen molar-refractivity contribution in [2.45, 2.75) is 38.0 Å². The van der Waals surface area contributed by atoms with Crippen LogP contribution in [0.2, 0.25) is 0 Å². The Kier molecular flexibility index (Phi) is 4.39. The highest BCUT2D eigenvalue weighted by Gasteiger charge is 2.32. The van der Waals surface area contributed by atoms with E-state index in [0.29, 0.717) is 31.1 Å². The zero-order valence-corrected chi connectivity index (χ0v) is 13.1. The summed E-state index contributed by atoms with van der Waals surface area (Å²) in [6.07, 6.45) is 2.65. The Morgan fingerprint density at radius 2 is 2.10 bits per heavy atom. The van der Waals surface area contributed by atoms with Crippen molar-refractivity contribution < 1.29 is 13.2 Å². The molecule has 2 rings (SSSR count). The van der Waals surface area contributed by atoms with Gasteiger partial charge in [-0.2, -0.15) is 5.10 Å². The monoisotopic (exact) mass is 319 g/mol. The SMILES string of the molecule is CCc1[nH]nc(C(=O)N(CC)CC2CC2)c1S(=O)(=O)Cl. The van der Waals surface area contributed by atoms with Crippen LogP contribution < -0.4 is 0 Å². The molecule has 6 nitrogen and oxygen atoms in total. The molecular weight excluding hydrogens is 302 g/mol. The van der Waals surface area contributed by atoms with Crippen molar-refractivity contribution >= 4 is 25.6 Å². The van der Waals surface area contributed by atoms with Gasteiger partial charge in [-0.05, 0) is 32.1 Å². The second-order valence-corrected chi connectivity index (χ2v) is 7.46. The maximum absolute atomic E-state index is 12.5. The summed E-state index contributed by atoms with van der Waals surface area (Å²) in [6, 6.07) is 0. The van der Waals surface area contributed by atoms with E-state index < -0.39 is 9.05 Å². The molecule has 1 saturated carbocycles. The number of carbonyl (C=O) groups excluding carboxylic acids is 1. The molecule has 1 aromatic heterocycles. The molecule has 1 aromatic rings.